The van der Waals surface area contributed by atoms with Crippen LogP contribution in [0.4, 0.5) is 4.39 Å². The van der Waals surface area contributed by atoms with E-state index >= 15 is 0 Å². The van der Waals surface area contributed by atoms with Crippen molar-refractivity contribution in [1.82, 2.24) is 4.98 Å². The van der Waals surface area contributed by atoms with Crippen LogP contribution in [0.3, 0.4) is 0 Å². The van der Waals surface area contributed by atoms with Crippen molar-refractivity contribution in [1.29, 1.82) is 0 Å². The fourth-order valence-corrected chi connectivity index (χ4v) is 1.59. The van der Waals surface area contributed by atoms with E-state index in [0.717, 1.165) is 10.7 Å². The van der Waals surface area contributed by atoms with Gasteiger partial charge in [-0.2, -0.15) is 0 Å². The number of rotatable bonds is 1. The Labute approximate surface area is 102 Å². The molecule has 1 heterocycles. The van der Waals surface area contributed by atoms with Crippen molar-refractivity contribution < 1.29 is 4.39 Å². The van der Waals surface area contributed by atoms with Gasteiger partial charge in [-0.05, 0) is 12.1 Å². The minimum absolute atomic E-state index is 0.312. The lowest BCUT2D eigenvalue weighted by Crippen LogP contribution is -1.86. The number of pyridine rings is 1. The lowest BCUT2D eigenvalue weighted by Gasteiger charge is -1.98. The zero-order chi connectivity index (χ0) is 11.4. The lowest BCUT2D eigenvalue weighted by atomic mass is 10.1. The molecule has 1 nitrogen and oxygen atoms in total. The van der Waals surface area contributed by atoms with Gasteiger partial charge in [0, 0.05) is 29.4 Å². The third-order valence-corrected chi connectivity index (χ3v) is 2.53. The Hall–Kier alpha value is -1.40. The first kappa shape index (κ1) is 11.1. The van der Waals surface area contributed by atoms with Gasteiger partial charge in [0.15, 0.2) is 0 Å². The van der Waals surface area contributed by atoms with Crippen molar-refractivity contribution in [2.24, 2.45) is 0 Å². The predicted molar refractivity (Wildman–Crippen MR) is 67.0 cm³/mol. The summed E-state index contributed by atoms with van der Waals surface area (Å²) < 4.78 is 13.6. The minimum atomic E-state index is -0.312. The molecule has 0 unspecified atom stereocenters. The number of nitrogens with zero attached hydrogens (tertiary/aromatic N) is 1. The summed E-state index contributed by atoms with van der Waals surface area (Å²) in [7, 11) is 0. The summed E-state index contributed by atoms with van der Waals surface area (Å²) in [5, 5.41) is 1.71. The second-order valence-corrected chi connectivity index (χ2v) is 4.06. The van der Waals surface area contributed by atoms with Crippen LogP contribution < -0.4 is 0 Å². The number of alkyl halides is 1. The second-order valence-electron chi connectivity index (χ2n) is 3.27. The summed E-state index contributed by atoms with van der Waals surface area (Å²) in [4.78, 5) is 4.08. The zero-order valence-corrected chi connectivity index (χ0v) is 10.1. The largest absolute Gasteiger partial charge is 0.256 e. The predicted octanol–water partition coefficient (Wildman–Crippen LogP) is 3.51. The number of fused-ring (bicyclic) bond motifs is 1. The molecule has 16 heavy (non-hydrogen) atoms. The molecule has 3 heteroatoms. The summed E-state index contributed by atoms with van der Waals surface area (Å²) in [5.41, 5.74) is 1.09. The Kier molecular flexibility index (Phi) is 3.53. The van der Waals surface area contributed by atoms with Crippen molar-refractivity contribution in [3.63, 3.8) is 0 Å². The third-order valence-electron chi connectivity index (χ3n) is 2.13. The smallest absolute Gasteiger partial charge is 0.141 e. The number of halogens is 2. The topological polar surface area (TPSA) is 12.9 Å². The van der Waals surface area contributed by atoms with E-state index in [1.165, 1.54) is 6.07 Å². The lowest BCUT2D eigenvalue weighted by molar-refractivity contribution is 0.626. The van der Waals surface area contributed by atoms with Crippen molar-refractivity contribution in [3.05, 3.63) is 41.8 Å². The van der Waals surface area contributed by atoms with Gasteiger partial charge in [-0.3, -0.25) is 4.98 Å². The minimum Gasteiger partial charge on any atom is -0.256 e. The van der Waals surface area contributed by atoms with E-state index in [-0.39, 0.29) is 5.82 Å². The molecule has 2 rings (SSSR count). The number of benzene rings is 1. The van der Waals surface area contributed by atoms with Crippen LogP contribution in [0.25, 0.3) is 10.9 Å². The van der Waals surface area contributed by atoms with Gasteiger partial charge in [-0.1, -0.05) is 33.8 Å². The van der Waals surface area contributed by atoms with Crippen LogP contribution in [0.1, 0.15) is 12.0 Å². The molecule has 0 atom stereocenters. The third kappa shape index (κ3) is 2.40. The molecular weight excluding hydrogens is 269 g/mol. The maximum absolute atomic E-state index is 13.6. The SMILES string of the molecule is Fc1cc2ncccc2cc1C#CCCBr. The number of aromatic nitrogens is 1. The van der Waals surface area contributed by atoms with E-state index in [4.69, 9.17) is 0 Å². The quantitative estimate of drug-likeness (QED) is 0.574. The molecule has 0 saturated heterocycles. The maximum atomic E-state index is 13.6. The first-order valence-electron chi connectivity index (χ1n) is 4.90. The Morgan fingerprint density at radius 3 is 3.06 bits per heavy atom. The van der Waals surface area contributed by atoms with E-state index < -0.39 is 0 Å². The highest BCUT2D eigenvalue weighted by molar-refractivity contribution is 9.09. The van der Waals surface area contributed by atoms with Gasteiger partial charge in [0.25, 0.3) is 0 Å². The first-order valence-corrected chi connectivity index (χ1v) is 6.02. The van der Waals surface area contributed by atoms with Gasteiger partial charge in [0.2, 0.25) is 0 Å². The molecule has 0 aliphatic heterocycles. The van der Waals surface area contributed by atoms with E-state index in [1.807, 2.05) is 12.1 Å². The highest BCUT2D eigenvalue weighted by atomic mass is 79.9. The fraction of sp³-hybridized carbons (Fsp3) is 0.154. The molecule has 1 aromatic carbocycles. The Bertz CT molecular complexity index is 569. The van der Waals surface area contributed by atoms with Gasteiger partial charge in [0.1, 0.15) is 5.82 Å². The molecule has 0 bridgehead atoms. The summed E-state index contributed by atoms with van der Waals surface area (Å²) >= 11 is 3.27. The van der Waals surface area contributed by atoms with Gasteiger partial charge in [0.05, 0.1) is 11.1 Å². The van der Waals surface area contributed by atoms with Crippen molar-refractivity contribution in [3.8, 4) is 11.8 Å². The molecule has 1 aromatic heterocycles. The number of hydrogen-bond acceptors (Lipinski definition) is 1. The van der Waals surface area contributed by atoms with Gasteiger partial charge in [-0.15, -0.1) is 0 Å². The summed E-state index contributed by atoms with van der Waals surface area (Å²) in [6.45, 7) is 0. The Balaban J connectivity index is 2.47. The summed E-state index contributed by atoms with van der Waals surface area (Å²) in [6.07, 6.45) is 2.36. The molecular formula is C13H9BrFN. The first-order chi connectivity index (χ1) is 7.81. The summed E-state index contributed by atoms with van der Waals surface area (Å²) in [5.74, 6) is 5.41. The highest BCUT2D eigenvalue weighted by Gasteiger charge is 2.02. The van der Waals surface area contributed by atoms with Crippen molar-refractivity contribution in [2.75, 3.05) is 5.33 Å². The standard InChI is InChI=1S/C13H9BrFN/c14-6-2-1-4-10-8-11-5-3-7-16-13(11)9-12(10)15/h3,5,7-9H,2,6H2. The van der Waals surface area contributed by atoms with Crippen LogP contribution in [0, 0.1) is 17.7 Å². The molecule has 0 radical (unpaired) electrons. The van der Waals surface area contributed by atoms with E-state index in [1.54, 1.807) is 12.3 Å². The molecule has 80 valence electrons. The van der Waals surface area contributed by atoms with Crippen molar-refractivity contribution in [2.45, 2.75) is 6.42 Å². The zero-order valence-electron chi connectivity index (χ0n) is 8.50. The molecule has 0 amide bonds. The average Bonchev–Trinajstić information content (AvgIpc) is 2.30. The molecule has 0 spiro atoms. The van der Waals surface area contributed by atoms with E-state index in [9.17, 15) is 4.39 Å². The van der Waals surface area contributed by atoms with Crippen LogP contribution >= 0.6 is 15.9 Å². The van der Waals surface area contributed by atoms with E-state index in [0.29, 0.717) is 17.5 Å². The molecule has 0 saturated carbocycles. The Morgan fingerprint density at radius 1 is 1.38 bits per heavy atom. The molecule has 0 aliphatic carbocycles. The van der Waals surface area contributed by atoms with Gasteiger partial charge in [-0.25, -0.2) is 4.39 Å². The van der Waals surface area contributed by atoms with Crippen LogP contribution in [0.15, 0.2) is 30.5 Å². The van der Waals surface area contributed by atoms with Crippen LogP contribution in [-0.2, 0) is 0 Å². The van der Waals surface area contributed by atoms with Gasteiger partial charge < -0.3 is 0 Å². The monoisotopic (exact) mass is 277 g/mol. The van der Waals surface area contributed by atoms with Gasteiger partial charge >= 0.3 is 0 Å². The Morgan fingerprint density at radius 2 is 2.25 bits per heavy atom. The van der Waals surface area contributed by atoms with Crippen LogP contribution in [0.2, 0.25) is 0 Å². The highest BCUT2D eigenvalue weighted by Crippen LogP contribution is 2.16. The normalized spacial score (nSPS) is 9.88. The molecule has 0 aliphatic rings. The molecule has 0 N–H and O–H groups in total. The van der Waals surface area contributed by atoms with Crippen LogP contribution in [0.5, 0.6) is 0 Å². The van der Waals surface area contributed by atoms with Crippen molar-refractivity contribution >= 4 is 26.8 Å². The maximum Gasteiger partial charge on any atom is 0.141 e. The van der Waals surface area contributed by atoms with Crippen LogP contribution in [-0.4, -0.2) is 10.3 Å². The fourth-order valence-electron chi connectivity index (χ4n) is 1.40. The summed E-state index contributed by atoms with van der Waals surface area (Å²) in [6, 6.07) is 6.89. The average molecular weight is 278 g/mol. The number of hydrogen-bond donors (Lipinski definition) is 0. The molecule has 0 fully saturated rings. The van der Waals surface area contributed by atoms with E-state index in [2.05, 4.69) is 32.8 Å². The molecule has 2 aromatic rings. The second kappa shape index (κ2) is 5.09.